The molecule has 0 aliphatic rings. The van der Waals surface area contributed by atoms with E-state index in [1.54, 1.807) is 24.3 Å². The van der Waals surface area contributed by atoms with Gasteiger partial charge in [0.1, 0.15) is 12.6 Å². The van der Waals surface area contributed by atoms with E-state index in [9.17, 15) is 9.59 Å². The minimum absolute atomic E-state index is 0.00983. The third-order valence-corrected chi connectivity index (χ3v) is 5.53. The number of unbranched alkanes of at least 4 members (excludes halogenated alkanes) is 2. The predicted molar refractivity (Wildman–Crippen MR) is 136 cm³/mol. The van der Waals surface area contributed by atoms with Crippen LogP contribution in [0.15, 0.2) is 48.5 Å². The maximum Gasteiger partial charge on any atom is 0.407 e. The Morgan fingerprint density at radius 2 is 1.83 bits per heavy atom. The fourth-order valence-electron chi connectivity index (χ4n) is 3.52. The van der Waals surface area contributed by atoms with E-state index in [0.29, 0.717) is 30.3 Å². The van der Waals surface area contributed by atoms with E-state index >= 15 is 0 Å². The first-order valence-corrected chi connectivity index (χ1v) is 12.2. The fourth-order valence-corrected chi connectivity index (χ4v) is 3.52. The number of benzene rings is 1. The molecule has 4 N–H and O–H groups in total. The molecule has 0 radical (unpaired) electrons. The lowest BCUT2D eigenvalue weighted by Crippen LogP contribution is -2.51. The Kier molecular flexibility index (Phi) is 9.77. The van der Waals surface area contributed by atoms with Gasteiger partial charge in [0, 0.05) is 6.54 Å². The van der Waals surface area contributed by atoms with Gasteiger partial charge in [-0.05, 0) is 38.0 Å². The molecule has 1 atom stereocenters. The molecule has 3 aromatic rings. The summed E-state index contributed by atoms with van der Waals surface area (Å²) in [6, 6.07) is 14.5. The number of carbonyl (C=O) groups is 2. The van der Waals surface area contributed by atoms with Crippen molar-refractivity contribution < 1.29 is 19.1 Å². The van der Waals surface area contributed by atoms with Gasteiger partial charge in [-0.1, -0.05) is 56.2 Å². The molecule has 0 bridgehead atoms. The summed E-state index contributed by atoms with van der Waals surface area (Å²) in [5, 5.41) is 14.3. The number of rotatable bonds is 13. The number of nitrogens with two attached hydrogens (primary N) is 1. The second-order valence-electron chi connectivity index (χ2n) is 9.23. The van der Waals surface area contributed by atoms with E-state index in [-0.39, 0.29) is 19.1 Å². The number of aromatic nitrogens is 3. The summed E-state index contributed by atoms with van der Waals surface area (Å²) in [6.45, 7) is 6.45. The lowest BCUT2D eigenvalue weighted by atomic mass is 10.1. The Morgan fingerprint density at radius 3 is 2.56 bits per heavy atom. The summed E-state index contributed by atoms with van der Waals surface area (Å²) in [7, 11) is 0. The molecule has 0 saturated heterocycles. The molecule has 1 aromatic carbocycles. The van der Waals surface area contributed by atoms with Crippen molar-refractivity contribution in [2.24, 2.45) is 5.73 Å². The largest absolute Gasteiger partial charge is 0.443 e. The highest BCUT2D eigenvalue weighted by atomic mass is 16.5. The van der Waals surface area contributed by atoms with Crippen LogP contribution in [0, 0.1) is 0 Å². The zero-order chi connectivity index (χ0) is 26.0. The molecule has 0 aliphatic heterocycles. The number of nitrogens with zero attached hydrogens (tertiary/aromatic N) is 3. The van der Waals surface area contributed by atoms with E-state index in [1.165, 1.54) is 0 Å². The molecule has 0 spiro atoms. The summed E-state index contributed by atoms with van der Waals surface area (Å²) in [4.78, 5) is 24.9. The second kappa shape index (κ2) is 13.0. The molecular weight excluding hydrogens is 460 g/mol. The third-order valence-electron chi connectivity index (χ3n) is 5.53. The summed E-state index contributed by atoms with van der Waals surface area (Å²) in [6.07, 6.45) is 2.53. The topological polar surface area (TPSA) is 133 Å². The molecule has 3 rings (SSSR count). The van der Waals surface area contributed by atoms with Gasteiger partial charge in [0.2, 0.25) is 5.91 Å². The van der Waals surface area contributed by atoms with Gasteiger partial charge in [-0.25, -0.2) is 4.79 Å². The standard InChI is InChI=1S/C26H36N6O4/c1-4-5-9-15-28-25(34)36-17-20-13-10-14-22-30-31-23(32(20)22)21(29-24(33)26(2,3)27)18-35-16-19-11-7-6-8-12-19/h6-8,10-14,21H,4-5,9,15-18,27H2,1-3H3,(H,28,34)(H,29,33)/t21-/m1/s1. The number of pyridine rings is 1. The first-order valence-electron chi connectivity index (χ1n) is 12.2. The van der Waals surface area contributed by atoms with E-state index in [0.717, 1.165) is 24.8 Å². The maximum atomic E-state index is 12.8. The first-order chi connectivity index (χ1) is 17.3. The predicted octanol–water partition coefficient (Wildman–Crippen LogP) is 3.26. The number of ether oxygens (including phenoxy) is 2. The Morgan fingerprint density at radius 1 is 1.06 bits per heavy atom. The molecule has 0 saturated carbocycles. The van der Waals surface area contributed by atoms with Gasteiger partial charge in [0.25, 0.3) is 0 Å². The van der Waals surface area contributed by atoms with Crippen molar-refractivity contribution >= 4 is 17.6 Å². The van der Waals surface area contributed by atoms with Gasteiger partial charge in [-0.2, -0.15) is 0 Å². The molecule has 10 nitrogen and oxygen atoms in total. The summed E-state index contributed by atoms with van der Waals surface area (Å²) in [5.41, 5.74) is 7.15. The lowest BCUT2D eigenvalue weighted by Gasteiger charge is -2.24. The normalized spacial score (nSPS) is 12.3. The number of hydrogen-bond donors (Lipinski definition) is 3. The number of carbonyl (C=O) groups excluding carboxylic acids is 2. The Hall–Kier alpha value is -3.50. The smallest absolute Gasteiger partial charge is 0.407 e. The van der Waals surface area contributed by atoms with Crippen LogP contribution < -0.4 is 16.4 Å². The van der Waals surface area contributed by atoms with Gasteiger partial charge in [-0.3, -0.25) is 9.20 Å². The Bertz CT molecular complexity index is 1130. The van der Waals surface area contributed by atoms with Crippen LogP contribution in [0.25, 0.3) is 5.65 Å². The van der Waals surface area contributed by atoms with Crippen molar-refractivity contribution in [1.29, 1.82) is 0 Å². The first kappa shape index (κ1) is 27.1. The monoisotopic (exact) mass is 496 g/mol. The summed E-state index contributed by atoms with van der Waals surface area (Å²) in [5.74, 6) is 0.103. The molecule has 0 unspecified atom stereocenters. The van der Waals surface area contributed by atoms with Crippen molar-refractivity contribution in [1.82, 2.24) is 25.2 Å². The van der Waals surface area contributed by atoms with Gasteiger partial charge < -0.3 is 25.8 Å². The molecule has 0 fully saturated rings. The number of hydrogen-bond acceptors (Lipinski definition) is 7. The quantitative estimate of drug-likeness (QED) is 0.309. The van der Waals surface area contributed by atoms with Crippen LogP contribution in [0.3, 0.4) is 0 Å². The van der Waals surface area contributed by atoms with Crippen molar-refractivity contribution in [3.05, 3.63) is 65.6 Å². The van der Waals surface area contributed by atoms with E-state index in [1.807, 2.05) is 42.5 Å². The zero-order valence-electron chi connectivity index (χ0n) is 21.2. The summed E-state index contributed by atoms with van der Waals surface area (Å²) < 4.78 is 13.1. The Labute approximate surface area is 211 Å². The van der Waals surface area contributed by atoms with Crippen LogP contribution in [0.2, 0.25) is 0 Å². The highest BCUT2D eigenvalue weighted by Crippen LogP contribution is 2.18. The second-order valence-corrected chi connectivity index (χ2v) is 9.23. The lowest BCUT2D eigenvalue weighted by molar-refractivity contribution is -0.126. The van der Waals surface area contributed by atoms with Crippen molar-refractivity contribution in [3.63, 3.8) is 0 Å². The van der Waals surface area contributed by atoms with Gasteiger partial charge >= 0.3 is 6.09 Å². The highest BCUT2D eigenvalue weighted by molar-refractivity contribution is 5.85. The van der Waals surface area contributed by atoms with Crippen LogP contribution >= 0.6 is 0 Å². The van der Waals surface area contributed by atoms with Gasteiger partial charge in [-0.15, -0.1) is 10.2 Å². The molecule has 2 amide bonds. The van der Waals surface area contributed by atoms with Crippen LogP contribution in [0.1, 0.15) is 63.2 Å². The minimum Gasteiger partial charge on any atom is -0.443 e. The van der Waals surface area contributed by atoms with Crippen LogP contribution in [0.4, 0.5) is 4.79 Å². The molecule has 10 heteroatoms. The molecule has 194 valence electrons. The van der Waals surface area contributed by atoms with Crippen LogP contribution in [-0.2, 0) is 27.5 Å². The Balaban J connectivity index is 1.78. The van der Waals surface area contributed by atoms with Crippen molar-refractivity contribution in [3.8, 4) is 0 Å². The SMILES string of the molecule is CCCCCNC(=O)OCc1cccc2nnc([C@@H](COCc3ccccc3)NC(=O)C(C)(C)N)n12. The van der Waals surface area contributed by atoms with Crippen molar-refractivity contribution in [2.75, 3.05) is 13.2 Å². The van der Waals surface area contributed by atoms with E-state index in [4.69, 9.17) is 15.2 Å². The molecular formula is C26H36N6O4. The number of fused-ring (bicyclic) bond motifs is 1. The van der Waals surface area contributed by atoms with Gasteiger partial charge in [0.05, 0.1) is 24.4 Å². The van der Waals surface area contributed by atoms with Crippen molar-refractivity contribution in [2.45, 2.75) is 64.8 Å². The average Bonchev–Trinajstić information content (AvgIpc) is 3.29. The van der Waals surface area contributed by atoms with Crippen LogP contribution in [-0.4, -0.2) is 45.3 Å². The van der Waals surface area contributed by atoms with Crippen LogP contribution in [0.5, 0.6) is 0 Å². The maximum absolute atomic E-state index is 12.8. The number of amides is 2. The van der Waals surface area contributed by atoms with Gasteiger partial charge in [0.15, 0.2) is 11.5 Å². The average molecular weight is 497 g/mol. The fraction of sp³-hybridized carbons (Fsp3) is 0.462. The number of nitrogens with one attached hydrogen (secondary N) is 2. The molecule has 2 heterocycles. The number of alkyl carbamates (subject to hydrolysis) is 1. The van der Waals surface area contributed by atoms with E-state index in [2.05, 4.69) is 27.8 Å². The molecule has 2 aromatic heterocycles. The summed E-state index contributed by atoms with van der Waals surface area (Å²) >= 11 is 0. The van der Waals surface area contributed by atoms with E-state index < -0.39 is 17.7 Å². The zero-order valence-corrected chi connectivity index (χ0v) is 21.2. The molecule has 36 heavy (non-hydrogen) atoms. The highest BCUT2D eigenvalue weighted by Gasteiger charge is 2.28. The molecule has 0 aliphatic carbocycles. The third kappa shape index (κ3) is 7.76. The minimum atomic E-state index is -1.10.